The molecule has 0 aliphatic carbocycles. The molecule has 1 N–H and O–H groups in total. The van der Waals surface area contributed by atoms with Crippen LogP contribution in [-0.4, -0.2) is 66.4 Å². The number of hydrogen-bond donors (Lipinski definition) is 1. The third kappa shape index (κ3) is 5.44. The summed E-state index contributed by atoms with van der Waals surface area (Å²) in [5.41, 5.74) is 0.675. The van der Waals surface area contributed by atoms with Gasteiger partial charge in [0.1, 0.15) is 5.75 Å². The Morgan fingerprint density at radius 2 is 1.88 bits per heavy atom. The van der Waals surface area contributed by atoms with Crippen molar-refractivity contribution in [2.24, 2.45) is 0 Å². The number of benzene rings is 2. The second kappa shape index (κ2) is 10.3. The number of carbonyl (C=O) groups excluding carboxylic acids is 1. The quantitative estimate of drug-likeness (QED) is 0.517. The average Bonchev–Trinajstić information content (AvgIpc) is 3.28. The summed E-state index contributed by atoms with van der Waals surface area (Å²) in [6.07, 6.45) is 0. The molecule has 0 spiro atoms. The first-order valence-electron chi connectivity index (χ1n) is 11.0. The number of nitrogens with one attached hydrogen (secondary N) is 1. The first kappa shape index (κ1) is 23.9. The third-order valence-corrected chi connectivity index (χ3v) is 7.46. The molecule has 10 nitrogen and oxygen atoms in total. The number of anilines is 1. The van der Waals surface area contributed by atoms with Gasteiger partial charge in [0, 0.05) is 38.8 Å². The van der Waals surface area contributed by atoms with Crippen LogP contribution in [0.4, 0.5) is 5.69 Å². The number of piperazine rings is 1. The maximum absolute atomic E-state index is 13.1. The molecule has 0 radical (unpaired) electrons. The van der Waals surface area contributed by atoms with Crippen LogP contribution in [-0.2, 0) is 16.6 Å². The molecular formula is C23H27N5O5S. The Hall–Kier alpha value is -3.28. The lowest BCUT2D eigenvalue weighted by Crippen LogP contribution is -2.48. The molecule has 1 aliphatic heterocycles. The van der Waals surface area contributed by atoms with Gasteiger partial charge >= 0.3 is 0 Å². The zero-order valence-corrected chi connectivity index (χ0v) is 19.9. The summed E-state index contributed by atoms with van der Waals surface area (Å²) in [4.78, 5) is 19.4. The Morgan fingerprint density at radius 3 is 2.59 bits per heavy atom. The molecule has 11 heteroatoms. The standard InChI is InChI=1S/C23H27N5O5S/c1-3-27-11-13-28(14-12-27)34(30,31)19-8-6-7-18(15-19)25-23(29)20-9-4-5-10-21(20)32-16-22-24-17(2)33-26-22/h4-10,15H,3,11-14,16H2,1-2H3,(H,25,29). The monoisotopic (exact) mass is 485 g/mol. The molecule has 1 amide bonds. The molecular weight excluding hydrogens is 458 g/mol. The van der Waals surface area contributed by atoms with Crippen molar-refractivity contribution in [3.8, 4) is 5.75 Å². The highest BCUT2D eigenvalue weighted by atomic mass is 32.2. The number of aryl methyl sites for hydroxylation is 1. The topological polar surface area (TPSA) is 118 Å². The van der Waals surface area contributed by atoms with Crippen molar-refractivity contribution in [2.45, 2.75) is 25.3 Å². The first-order chi connectivity index (χ1) is 16.4. The Labute approximate surface area is 198 Å². The van der Waals surface area contributed by atoms with E-state index in [-0.39, 0.29) is 11.5 Å². The van der Waals surface area contributed by atoms with Gasteiger partial charge in [-0.05, 0) is 36.9 Å². The molecule has 1 fully saturated rings. The minimum absolute atomic E-state index is 0.0423. The van der Waals surface area contributed by atoms with Gasteiger partial charge in [-0.1, -0.05) is 30.3 Å². The number of aromatic nitrogens is 2. The predicted molar refractivity (Wildman–Crippen MR) is 125 cm³/mol. The van der Waals surface area contributed by atoms with Crippen LogP contribution in [0.15, 0.2) is 57.9 Å². The number of hydrogen-bond acceptors (Lipinski definition) is 8. The van der Waals surface area contributed by atoms with E-state index in [0.717, 1.165) is 6.54 Å². The van der Waals surface area contributed by atoms with Crippen molar-refractivity contribution in [2.75, 3.05) is 38.0 Å². The molecule has 180 valence electrons. The summed E-state index contributed by atoms with van der Waals surface area (Å²) in [6, 6.07) is 13.0. The molecule has 1 saturated heterocycles. The fraction of sp³-hybridized carbons (Fsp3) is 0.348. The molecule has 34 heavy (non-hydrogen) atoms. The molecule has 1 aliphatic rings. The summed E-state index contributed by atoms with van der Waals surface area (Å²) in [5, 5.41) is 6.55. The van der Waals surface area contributed by atoms with Crippen molar-refractivity contribution < 1.29 is 22.5 Å². The Kier molecular flexibility index (Phi) is 7.25. The molecule has 0 saturated carbocycles. The van der Waals surface area contributed by atoms with Crippen LogP contribution in [0.1, 0.15) is 29.0 Å². The second-order valence-corrected chi connectivity index (χ2v) is 9.77. The van der Waals surface area contributed by atoms with E-state index in [0.29, 0.717) is 54.9 Å². The van der Waals surface area contributed by atoms with Gasteiger partial charge in [-0.2, -0.15) is 9.29 Å². The Bertz CT molecular complexity index is 1250. The number of ether oxygens (including phenoxy) is 1. The number of sulfonamides is 1. The Balaban J connectivity index is 1.47. The summed E-state index contributed by atoms with van der Waals surface area (Å²) in [7, 11) is -3.65. The van der Waals surface area contributed by atoms with E-state index >= 15 is 0 Å². The van der Waals surface area contributed by atoms with E-state index in [1.54, 1.807) is 49.4 Å². The fourth-order valence-corrected chi connectivity index (χ4v) is 5.16. The van der Waals surface area contributed by atoms with Gasteiger partial charge in [-0.15, -0.1) is 0 Å². The summed E-state index contributed by atoms with van der Waals surface area (Å²) >= 11 is 0. The number of amides is 1. The van der Waals surface area contributed by atoms with Gasteiger partial charge in [-0.3, -0.25) is 4.79 Å². The summed E-state index contributed by atoms with van der Waals surface area (Å²) in [5.74, 6) is 0.711. The SMILES string of the molecule is CCN1CCN(S(=O)(=O)c2cccc(NC(=O)c3ccccc3OCc3noc(C)n3)c2)CC1. The number of nitrogens with zero attached hydrogens (tertiary/aromatic N) is 4. The minimum atomic E-state index is -3.65. The third-order valence-electron chi connectivity index (χ3n) is 5.57. The second-order valence-electron chi connectivity index (χ2n) is 7.83. The number of rotatable bonds is 8. The van der Waals surface area contributed by atoms with Crippen molar-refractivity contribution in [3.63, 3.8) is 0 Å². The highest BCUT2D eigenvalue weighted by Gasteiger charge is 2.28. The van der Waals surface area contributed by atoms with Gasteiger partial charge < -0.3 is 19.5 Å². The molecule has 1 aromatic heterocycles. The van der Waals surface area contributed by atoms with Gasteiger partial charge in [0.25, 0.3) is 5.91 Å². The van der Waals surface area contributed by atoms with Crippen molar-refractivity contribution in [1.82, 2.24) is 19.3 Å². The highest BCUT2D eigenvalue weighted by Crippen LogP contribution is 2.24. The summed E-state index contributed by atoms with van der Waals surface area (Å²) in [6.45, 7) is 6.96. The zero-order valence-electron chi connectivity index (χ0n) is 19.1. The largest absolute Gasteiger partial charge is 0.485 e. The number of likely N-dealkylation sites (N-methyl/N-ethyl adjacent to an activating group) is 1. The van der Waals surface area contributed by atoms with Gasteiger partial charge in [0.2, 0.25) is 21.7 Å². The fourth-order valence-electron chi connectivity index (χ4n) is 3.69. The molecule has 0 atom stereocenters. The van der Waals surface area contributed by atoms with Gasteiger partial charge in [-0.25, -0.2) is 8.42 Å². The van der Waals surface area contributed by atoms with Crippen LogP contribution >= 0.6 is 0 Å². The normalized spacial score (nSPS) is 15.2. The van der Waals surface area contributed by atoms with Crippen LogP contribution in [0.25, 0.3) is 0 Å². The van der Waals surface area contributed by atoms with Crippen LogP contribution in [0.2, 0.25) is 0 Å². The number of carbonyl (C=O) groups is 1. The highest BCUT2D eigenvalue weighted by molar-refractivity contribution is 7.89. The molecule has 4 rings (SSSR count). The van der Waals surface area contributed by atoms with Crippen molar-refractivity contribution in [3.05, 3.63) is 65.8 Å². The lowest BCUT2D eigenvalue weighted by Gasteiger charge is -2.33. The maximum atomic E-state index is 13.1. The first-order valence-corrected chi connectivity index (χ1v) is 12.5. The molecule has 2 heterocycles. The van der Waals surface area contributed by atoms with Crippen LogP contribution in [0.5, 0.6) is 5.75 Å². The average molecular weight is 486 g/mol. The van der Waals surface area contributed by atoms with E-state index in [4.69, 9.17) is 9.26 Å². The minimum Gasteiger partial charge on any atom is -0.485 e. The molecule has 3 aromatic rings. The van der Waals surface area contributed by atoms with E-state index in [2.05, 4.69) is 27.3 Å². The van der Waals surface area contributed by atoms with E-state index < -0.39 is 15.9 Å². The smallest absolute Gasteiger partial charge is 0.259 e. The van der Waals surface area contributed by atoms with Crippen LogP contribution in [0.3, 0.4) is 0 Å². The predicted octanol–water partition coefficient (Wildman–Crippen LogP) is 2.54. The van der Waals surface area contributed by atoms with Crippen LogP contribution in [0, 0.1) is 6.92 Å². The maximum Gasteiger partial charge on any atom is 0.259 e. The van der Waals surface area contributed by atoms with Gasteiger partial charge in [0.15, 0.2) is 6.61 Å². The molecule has 0 unspecified atom stereocenters. The summed E-state index contributed by atoms with van der Waals surface area (Å²) < 4.78 is 38.4. The molecule has 2 aromatic carbocycles. The lowest BCUT2D eigenvalue weighted by molar-refractivity contribution is 0.102. The van der Waals surface area contributed by atoms with Crippen LogP contribution < -0.4 is 10.1 Å². The lowest BCUT2D eigenvalue weighted by atomic mass is 10.2. The molecule has 0 bridgehead atoms. The van der Waals surface area contributed by atoms with E-state index in [1.807, 2.05) is 0 Å². The van der Waals surface area contributed by atoms with Gasteiger partial charge in [0.05, 0.1) is 10.5 Å². The Morgan fingerprint density at radius 1 is 1.12 bits per heavy atom. The van der Waals surface area contributed by atoms with E-state index in [1.165, 1.54) is 10.4 Å². The van der Waals surface area contributed by atoms with Crippen molar-refractivity contribution >= 4 is 21.6 Å². The number of para-hydroxylation sites is 1. The zero-order chi connectivity index (χ0) is 24.1. The van der Waals surface area contributed by atoms with E-state index in [9.17, 15) is 13.2 Å². The van der Waals surface area contributed by atoms with Crippen molar-refractivity contribution in [1.29, 1.82) is 0 Å².